The summed E-state index contributed by atoms with van der Waals surface area (Å²) in [4.78, 5) is 4.55. The summed E-state index contributed by atoms with van der Waals surface area (Å²) in [6, 6.07) is 3.52. The standard InChI is InChI=1S/C9H10N2S/c1-3-6-4-7(10)5-8(12)9(6)11-2/h3-5,12H,1-2,10H2. The summed E-state index contributed by atoms with van der Waals surface area (Å²) in [7, 11) is 0. The SMILES string of the molecule is C=Cc1cc(N)cc(S)c1N=C. The Bertz CT molecular complexity index is 332. The van der Waals surface area contributed by atoms with Gasteiger partial charge in [-0.15, -0.1) is 12.6 Å². The van der Waals surface area contributed by atoms with Crippen molar-refractivity contribution in [2.24, 2.45) is 4.99 Å². The molecule has 0 aliphatic heterocycles. The van der Waals surface area contributed by atoms with Crippen molar-refractivity contribution in [2.75, 3.05) is 5.73 Å². The first kappa shape index (κ1) is 8.87. The van der Waals surface area contributed by atoms with Crippen molar-refractivity contribution in [3.8, 4) is 0 Å². The van der Waals surface area contributed by atoms with Crippen LogP contribution < -0.4 is 5.73 Å². The molecule has 3 heteroatoms. The van der Waals surface area contributed by atoms with Gasteiger partial charge in [0, 0.05) is 16.1 Å². The molecule has 0 fully saturated rings. The van der Waals surface area contributed by atoms with Crippen molar-refractivity contribution in [1.29, 1.82) is 0 Å². The third-order valence-electron chi connectivity index (χ3n) is 1.52. The smallest absolute Gasteiger partial charge is 0.0829 e. The molecule has 0 saturated heterocycles. The van der Waals surface area contributed by atoms with Crippen LogP contribution in [0.2, 0.25) is 0 Å². The molecule has 2 nitrogen and oxygen atoms in total. The van der Waals surface area contributed by atoms with Gasteiger partial charge in [-0.1, -0.05) is 12.7 Å². The topological polar surface area (TPSA) is 38.4 Å². The first-order chi connectivity index (χ1) is 5.69. The molecule has 0 bridgehead atoms. The fourth-order valence-electron chi connectivity index (χ4n) is 0.992. The minimum atomic E-state index is 0.655. The molecule has 1 aromatic carbocycles. The van der Waals surface area contributed by atoms with Crippen LogP contribution in [0.25, 0.3) is 6.08 Å². The highest BCUT2D eigenvalue weighted by Gasteiger charge is 2.02. The van der Waals surface area contributed by atoms with Crippen LogP contribution in [0.3, 0.4) is 0 Å². The average Bonchev–Trinajstić information content (AvgIpc) is 2.03. The fraction of sp³-hybridized carbons (Fsp3) is 0. The molecule has 0 spiro atoms. The second-order valence-electron chi connectivity index (χ2n) is 2.34. The zero-order chi connectivity index (χ0) is 9.14. The summed E-state index contributed by atoms with van der Waals surface area (Å²) in [5, 5.41) is 0. The molecule has 0 aliphatic carbocycles. The van der Waals surface area contributed by atoms with Crippen LogP contribution in [0, 0.1) is 0 Å². The number of aliphatic imine (C=N–C) groups is 1. The number of nitrogens with two attached hydrogens (primary N) is 1. The van der Waals surface area contributed by atoms with Crippen molar-refractivity contribution in [3.63, 3.8) is 0 Å². The zero-order valence-corrected chi connectivity index (χ0v) is 7.51. The lowest BCUT2D eigenvalue weighted by Crippen LogP contribution is -1.86. The second-order valence-corrected chi connectivity index (χ2v) is 2.82. The summed E-state index contributed by atoms with van der Waals surface area (Å²) >= 11 is 4.21. The van der Waals surface area contributed by atoms with Crippen LogP contribution in [0.5, 0.6) is 0 Å². The quantitative estimate of drug-likeness (QED) is 0.407. The maximum absolute atomic E-state index is 5.60. The van der Waals surface area contributed by atoms with E-state index in [0.717, 1.165) is 16.1 Å². The average molecular weight is 178 g/mol. The number of hydrogen-bond acceptors (Lipinski definition) is 3. The molecular weight excluding hydrogens is 168 g/mol. The third kappa shape index (κ3) is 1.51. The number of benzene rings is 1. The van der Waals surface area contributed by atoms with Crippen LogP contribution >= 0.6 is 12.6 Å². The molecule has 0 unspecified atom stereocenters. The van der Waals surface area contributed by atoms with E-state index in [1.165, 1.54) is 0 Å². The highest BCUT2D eigenvalue weighted by atomic mass is 32.1. The van der Waals surface area contributed by atoms with E-state index in [1.54, 1.807) is 18.2 Å². The molecule has 12 heavy (non-hydrogen) atoms. The summed E-state index contributed by atoms with van der Waals surface area (Å²) in [5.41, 5.74) is 7.84. The monoisotopic (exact) mass is 178 g/mol. The minimum Gasteiger partial charge on any atom is -0.399 e. The molecule has 0 amide bonds. The minimum absolute atomic E-state index is 0.655. The van der Waals surface area contributed by atoms with Gasteiger partial charge in [-0.25, -0.2) is 0 Å². The lowest BCUT2D eigenvalue weighted by atomic mass is 10.1. The Balaban J connectivity index is 3.43. The number of nitrogens with zero attached hydrogens (tertiary/aromatic N) is 1. The van der Waals surface area contributed by atoms with E-state index in [2.05, 4.69) is 30.9 Å². The van der Waals surface area contributed by atoms with E-state index in [9.17, 15) is 0 Å². The molecule has 0 aliphatic rings. The number of rotatable bonds is 2. The van der Waals surface area contributed by atoms with Crippen LogP contribution in [0.4, 0.5) is 11.4 Å². The van der Waals surface area contributed by atoms with E-state index in [1.807, 2.05) is 0 Å². The second kappa shape index (κ2) is 3.45. The molecule has 1 rings (SSSR count). The molecular formula is C9H10N2S. The van der Waals surface area contributed by atoms with Gasteiger partial charge < -0.3 is 5.73 Å². The van der Waals surface area contributed by atoms with Crippen molar-refractivity contribution in [1.82, 2.24) is 0 Å². The normalized spacial score (nSPS) is 9.42. The lowest BCUT2D eigenvalue weighted by molar-refractivity contribution is 1.38. The Morgan fingerprint density at radius 3 is 2.67 bits per heavy atom. The van der Waals surface area contributed by atoms with E-state index in [0.29, 0.717) is 5.69 Å². The predicted octanol–water partition coefficient (Wildman–Crippen LogP) is 2.53. The molecule has 0 atom stereocenters. The van der Waals surface area contributed by atoms with Gasteiger partial charge in [0.25, 0.3) is 0 Å². The fourth-order valence-corrected chi connectivity index (χ4v) is 1.34. The number of hydrogen-bond donors (Lipinski definition) is 2. The van der Waals surface area contributed by atoms with Gasteiger partial charge in [-0.2, -0.15) is 0 Å². The Morgan fingerprint density at radius 1 is 1.50 bits per heavy atom. The first-order valence-corrected chi connectivity index (χ1v) is 3.85. The highest BCUT2D eigenvalue weighted by Crippen LogP contribution is 2.30. The Hall–Kier alpha value is -1.22. The molecule has 2 N–H and O–H groups in total. The van der Waals surface area contributed by atoms with Crippen molar-refractivity contribution < 1.29 is 0 Å². The van der Waals surface area contributed by atoms with Crippen molar-refractivity contribution >= 4 is 36.8 Å². The maximum atomic E-state index is 5.60. The molecule has 62 valence electrons. The summed E-state index contributed by atoms with van der Waals surface area (Å²) in [6.07, 6.45) is 1.68. The zero-order valence-electron chi connectivity index (χ0n) is 6.62. The van der Waals surface area contributed by atoms with E-state index in [4.69, 9.17) is 5.73 Å². The van der Waals surface area contributed by atoms with Crippen LogP contribution in [0.1, 0.15) is 5.56 Å². The molecule has 0 heterocycles. The molecule has 0 aromatic heterocycles. The van der Waals surface area contributed by atoms with Gasteiger partial charge in [0.05, 0.1) is 5.69 Å². The Kier molecular flexibility index (Phi) is 2.55. The summed E-state index contributed by atoms with van der Waals surface area (Å²) < 4.78 is 0. The largest absolute Gasteiger partial charge is 0.399 e. The predicted molar refractivity (Wildman–Crippen MR) is 57.4 cm³/mol. The van der Waals surface area contributed by atoms with Crippen LogP contribution in [-0.2, 0) is 0 Å². The summed E-state index contributed by atoms with van der Waals surface area (Å²) in [5.74, 6) is 0. The molecule has 1 aromatic rings. The van der Waals surface area contributed by atoms with Gasteiger partial charge in [0.2, 0.25) is 0 Å². The van der Waals surface area contributed by atoms with Crippen LogP contribution in [-0.4, -0.2) is 6.72 Å². The van der Waals surface area contributed by atoms with Crippen molar-refractivity contribution in [3.05, 3.63) is 24.3 Å². The van der Waals surface area contributed by atoms with Gasteiger partial charge in [-0.05, 0) is 18.9 Å². The first-order valence-electron chi connectivity index (χ1n) is 3.40. The van der Waals surface area contributed by atoms with Gasteiger partial charge in [0.1, 0.15) is 0 Å². The Labute approximate surface area is 77.2 Å². The van der Waals surface area contributed by atoms with Gasteiger partial charge in [0.15, 0.2) is 0 Å². The van der Waals surface area contributed by atoms with Crippen molar-refractivity contribution in [2.45, 2.75) is 4.90 Å². The third-order valence-corrected chi connectivity index (χ3v) is 1.86. The molecule has 0 saturated carbocycles. The summed E-state index contributed by atoms with van der Waals surface area (Å²) in [6.45, 7) is 7.09. The Morgan fingerprint density at radius 2 is 2.17 bits per heavy atom. The van der Waals surface area contributed by atoms with Gasteiger partial charge >= 0.3 is 0 Å². The number of nitrogen functional groups attached to an aromatic ring is 1. The van der Waals surface area contributed by atoms with E-state index < -0.39 is 0 Å². The maximum Gasteiger partial charge on any atom is 0.0829 e. The lowest BCUT2D eigenvalue weighted by Gasteiger charge is -2.04. The molecule has 0 radical (unpaired) electrons. The van der Waals surface area contributed by atoms with Gasteiger partial charge in [-0.3, -0.25) is 4.99 Å². The van der Waals surface area contributed by atoms with Crippen LogP contribution in [0.15, 0.2) is 28.6 Å². The number of anilines is 1. The highest BCUT2D eigenvalue weighted by molar-refractivity contribution is 7.80. The van der Waals surface area contributed by atoms with E-state index in [-0.39, 0.29) is 0 Å². The number of thiol groups is 1. The van der Waals surface area contributed by atoms with E-state index >= 15 is 0 Å².